The van der Waals surface area contributed by atoms with E-state index in [1.54, 1.807) is 0 Å². The van der Waals surface area contributed by atoms with E-state index < -0.39 is 0 Å². The molecule has 1 fully saturated rings. The molecular formula is C9H18S. The van der Waals surface area contributed by atoms with Crippen molar-refractivity contribution in [3.63, 3.8) is 0 Å². The van der Waals surface area contributed by atoms with Gasteiger partial charge in [0.15, 0.2) is 0 Å². The normalized spacial score (nSPS) is 32.4. The highest BCUT2D eigenvalue weighted by molar-refractivity contribution is 7.81. The Labute approximate surface area is 69.8 Å². The average Bonchev–Trinajstić information content (AvgIpc) is 2.42. The summed E-state index contributed by atoms with van der Waals surface area (Å²) in [6, 6.07) is 0. The molecule has 0 amide bonds. The average molecular weight is 158 g/mol. The Kier molecular flexibility index (Phi) is 2.34. The third-order valence-electron chi connectivity index (χ3n) is 2.36. The molecule has 0 nitrogen and oxygen atoms in total. The van der Waals surface area contributed by atoms with Gasteiger partial charge in [-0.25, -0.2) is 0 Å². The summed E-state index contributed by atoms with van der Waals surface area (Å²) in [5.74, 6) is 2.03. The zero-order valence-corrected chi connectivity index (χ0v) is 8.12. The molecule has 10 heavy (non-hydrogen) atoms. The van der Waals surface area contributed by atoms with Crippen molar-refractivity contribution in [1.82, 2.24) is 0 Å². The van der Waals surface area contributed by atoms with E-state index in [0.29, 0.717) is 0 Å². The molecule has 0 N–H and O–H groups in total. The molecule has 1 heteroatoms. The van der Waals surface area contributed by atoms with Gasteiger partial charge < -0.3 is 0 Å². The minimum atomic E-state index is 0.259. The summed E-state index contributed by atoms with van der Waals surface area (Å²) in [5.41, 5.74) is 0. The third kappa shape index (κ3) is 2.53. The zero-order chi connectivity index (χ0) is 7.78. The minimum absolute atomic E-state index is 0.259. The molecule has 2 atom stereocenters. The van der Waals surface area contributed by atoms with Gasteiger partial charge in [-0.3, -0.25) is 0 Å². The van der Waals surface area contributed by atoms with Crippen LogP contribution >= 0.6 is 12.6 Å². The van der Waals surface area contributed by atoms with Gasteiger partial charge in [-0.05, 0) is 24.7 Å². The van der Waals surface area contributed by atoms with Gasteiger partial charge in [-0.2, -0.15) is 12.6 Å². The van der Waals surface area contributed by atoms with Gasteiger partial charge in [0.25, 0.3) is 0 Å². The molecular weight excluding hydrogens is 140 g/mol. The van der Waals surface area contributed by atoms with Crippen LogP contribution in [0.2, 0.25) is 0 Å². The smallest absolute Gasteiger partial charge is 0.00759 e. The van der Waals surface area contributed by atoms with Gasteiger partial charge >= 0.3 is 0 Å². The van der Waals surface area contributed by atoms with Crippen molar-refractivity contribution in [3.05, 3.63) is 0 Å². The largest absolute Gasteiger partial charge is 0.173 e. The van der Waals surface area contributed by atoms with E-state index >= 15 is 0 Å². The Morgan fingerprint density at radius 2 is 2.00 bits per heavy atom. The van der Waals surface area contributed by atoms with Crippen LogP contribution in [0.3, 0.4) is 0 Å². The van der Waals surface area contributed by atoms with E-state index in [0.717, 1.165) is 11.8 Å². The molecule has 1 aliphatic rings. The molecule has 60 valence electrons. The van der Waals surface area contributed by atoms with Crippen molar-refractivity contribution < 1.29 is 0 Å². The van der Waals surface area contributed by atoms with Crippen molar-refractivity contribution in [2.24, 2.45) is 11.8 Å². The van der Waals surface area contributed by atoms with E-state index in [2.05, 4.69) is 33.4 Å². The van der Waals surface area contributed by atoms with Crippen LogP contribution in [0.4, 0.5) is 0 Å². The fraction of sp³-hybridized carbons (Fsp3) is 1.00. The van der Waals surface area contributed by atoms with Crippen LogP contribution in [0.5, 0.6) is 0 Å². The maximum absolute atomic E-state index is 4.51. The topological polar surface area (TPSA) is 0 Å². The van der Waals surface area contributed by atoms with Crippen molar-refractivity contribution >= 4 is 12.6 Å². The molecule has 0 aliphatic heterocycles. The van der Waals surface area contributed by atoms with Gasteiger partial charge in [-0.15, -0.1) is 0 Å². The lowest BCUT2D eigenvalue weighted by Gasteiger charge is -2.16. The van der Waals surface area contributed by atoms with Gasteiger partial charge in [-0.1, -0.05) is 27.2 Å². The lowest BCUT2D eigenvalue weighted by Crippen LogP contribution is -2.11. The summed E-state index contributed by atoms with van der Waals surface area (Å²) < 4.78 is 0.259. The number of thiol groups is 1. The molecule has 0 spiro atoms. The van der Waals surface area contributed by atoms with Gasteiger partial charge in [0, 0.05) is 4.75 Å². The van der Waals surface area contributed by atoms with Gasteiger partial charge in [0.1, 0.15) is 0 Å². The first-order chi connectivity index (χ1) is 4.53. The molecule has 0 radical (unpaired) electrons. The van der Waals surface area contributed by atoms with E-state index in [1.165, 1.54) is 19.3 Å². The molecule has 0 aromatic rings. The predicted octanol–water partition coefficient (Wildman–Crippen LogP) is 3.13. The summed E-state index contributed by atoms with van der Waals surface area (Å²) in [7, 11) is 0. The van der Waals surface area contributed by atoms with Crippen LogP contribution in [-0.4, -0.2) is 4.75 Å². The maximum atomic E-state index is 4.51. The molecule has 0 bridgehead atoms. The van der Waals surface area contributed by atoms with E-state index in [4.69, 9.17) is 0 Å². The molecule has 0 heterocycles. The van der Waals surface area contributed by atoms with Crippen molar-refractivity contribution in [2.45, 2.75) is 44.8 Å². The lowest BCUT2D eigenvalue weighted by molar-refractivity contribution is 0.548. The van der Waals surface area contributed by atoms with Crippen LogP contribution in [0, 0.1) is 11.8 Å². The van der Waals surface area contributed by atoms with Crippen LogP contribution in [0.1, 0.15) is 40.0 Å². The first-order valence-corrected chi connectivity index (χ1v) is 4.70. The highest BCUT2D eigenvalue weighted by Crippen LogP contribution is 2.46. The quantitative estimate of drug-likeness (QED) is 0.599. The summed E-state index contributed by atoms with van der Waals surface area (Å²) in [6.07, 6.45) is 4.13. The zero-order valence-electron chi connectivity index (χ0n) is 7.22. The van der Waals surface area contributed by atoms with Crippen molar-refractivity contribution in [1.29, 1.82) is 0 Å². The monoisotopic (exact) mass is 158 g/mol. The number of rotatable bonds is 3. The number of hydrogen-bond donors (Lipinski definition) is 1. The second-order valence-corrected chi connectivity index (χ2v) is 5.39. The Morgan fingerprint density at radius 1 is 1.40 bits per heavy atom. The molecule has 1 saturated carbocycles. The van der Waals surface area contributed by atoms with Crippen molar-refractivity contribution in [3.8, 4) is 0 Å². The Hall–Kier alpha value is 0.350. The highest BCUT2D eigenvalue weighted by Gasteiger charge is 2.37. The van der Waals surface area contributed by atoms with Gasteiger partial charge in [0.05, 0.1) is 0 Å². The summed E-state index contributed by atoms with van der Waals surface area (Å²) in [4.78, 5) is 0. The van der Waals surface area contributed by atoms with E-state index in [1.807, 2.05) is 0 Å². The minimum Gasteiger partial charge on any atom is -0.173 e. The summed E-state index contributed by atoms with van der Waals surface area (Å²) >= 11 is 4.51. The molecule has 1 rings (SSSR count). The first-order valence-electron chi connectivity index (χ1n) is 4.25. The Morgan fingerprint density at radius 3 is 2.30 bits per heavy atom. The molecule has 0 aromatic carbocycles. The maximum Gasteiger partial charge on any atom is 0.00759 e. The lowest BCUT2D eigenvalue weighted by atomic mass is 10.0. The Balaban J connectivity index is 2.18. The second-order valence-electron chi connectivity index (χ2n) is 4.18. The fourth-order valence-electron chi connectivity index (χ4n) is 1.70. The second kappa shape index (κ2) is 2.77. The first kappa shape index (κ1) is 8.45. The summed E-state index contributed by atoms with van der Waals surface area (Å²) in [6.45, 7) is 6.71. The van der Waals surface area contributed by atoms with Gasteiger partial charge in [0.2, 0.25) is 0 Å². The molecule has 1 aliphatic carbocycles. The summed E-state index contributed by atoms with van der Waals surface area (Å²) in [5, 5.41) is 0. The standard InChI is InChI=1S/C9H18S/c1-4-7-5-8(7)6-9(2,3)10/h7-8,10H,4-6H2,1-3H3. The third-order valence-corrected chi connectivity index (χ3v) is 2.54. The van der Waals surface area contributed by atoms with Crippen molar-refractivity contribution in [2.75, 3.05) is 0 Å². The SMILES string of the molecule is CCC1CC1CC(C)(C)S. The fourth-order valence-corrected chi connectivity index (χ4v) is 1.94. The van der Waals surface area contributed by atoms with E-state index in [-0.39, 0.29) is 4.75 Å². The van der Waals surface area contributed by atoms with Crippen LogP contribution in [-0.2, 0) is 0 Å². The predicted molar refractivity (Wildman–Crippen MR) is 49.6 cm³/mol. The molecule has 0 aromatic heterocycles. The van der Waals surface area contributed by atoms with E-state index in [9.17, 15) is 0 Å². The number of hydrogen-bond acceptors (Lipinski definition) is 1. The molecule has 2 unspecified atom stereocenters. The van der Waals surface area contributed by atoms with Crippen LogP contribution < -0.4 is 0 Å². The Bertz CT molecular complexity index is 112. The van der Waals surface area contributed by atoms with Crippen LogP contribution in [0.25, 0.3) is 0 Å². The van der Waals surface area contributed by atoms with Crippen LogP contribution in [0.15, 0.2) is 0 Å². The highest BCUT2D eigenvalue weighted by atomic mass is 32.1. The molecule has 0 saturated heterocycles.